The smallest absolute Gasteiger partial charge is 0.410 e. The minimum atomic E-state index is -0.490. The van der Waals surface area contributed by atoms with Crippen LogP contribution in [0.1, 0.15) is 73.0 Å². The van der Waals surface area contributed by atoms with Crippen molar-refractivity contribution >= 4 is 36.0 Å². The highest BCUT2D eigenvalue weighted by molar-refractivity contribution is 14.0. The number of ether oxygens (including phenoxy) is 1. The van der Waals surface area contributed by atoms with Gasteiger partial charge in [-0.25, -0.2) is 14.8 Å². The van der Waals surface area contributed by atoms with Crippen molar-refractivity contribution in [2.24, 2.45) is 4.99 Å². The number of piperidine rings is 1. The van der Waals surface area contributed by atoms with E-state index in [0.29, 0.717) is 31.5 Å². The Morgan fingerprint density at radius 1 is 1.33 bits per heavy atom. The molecule has 0 aliphatic carbocycles. The third-order valence-corrected chi connectivity index (χ3v) is 4.42. The molecule has 1 aliphatic heterocycles. The third kappa shape index (κ3) is 8.69. The van der Waals surface area contributed by atoms with Gasteiger partial charge in [-0.05, 0) is 40.5 Å². The molecule has 0 aromatic carbocycles. The highest BCUT2D eigenvalue weighted by Gasteiger charge is 2.28. The molecule has 2 heterocycles. The molecular weight excluding hydrogens is 497 g/mol. The number of carbonyl (C=O) groups excluding carboxylic acids is 1. The molecule has 30 heavy (non-hydrogen) atoms. The first kappa shape index (κ1) is 26.5. The van der Waals surface area contributed by atoms with Gasteiger partial charge in [0, 0.05) is 31.1 Å². The number of likely N-dealkylation sites (tertiary alicyclic amines) is 1. The van der Waals surface area contributed by atoms with E-state index in [4.69, 9.17) is 9.15 Å². The van der Waals surface area contributed by atoms with E-state index in [1.165, 1.54) is 0 Å². The van der Waals surface area contributed by atoms with E-state index >= 15 is 0 Å². The van der Waals surface area contributed by atoms with Crippen LogP contribution in [-0.4, -0.2) is 53.2 Å². The van der Waals surface area contributed by atoms with Crippen LogP contribution in [-0.2, 0) is 16.7 Å². The lowest BCUT2D eigenvalue weighted by atomic mass is 9.94. The molecule has 1 aromatic rings. The van der Waals surface area contributed by atoms with E-state index in [1.807, 2.05) is 27.7 Å². The van der Waals surface area contributed by atoms with Crippen LogP contribution in [0.4, 0.5) is 4.79 Å². The standard InChI is InChI=1S/C21H37N5O3.HI/c1-8-22-18(24-13-17-23-12-16(28-17)20(2,3)4)25-15-10-9-11-26(14-15)19(27)29-21(5,6)7;/h12,15H,8-11,13-14H2,1-7H3,(H2,22,24,25);1H. The summed E-state index contributed by atoms with van der Waals surface area (Å²) in [6.07, 6.45) is 3.40. The molecule has 2 N–H and O–H groups in total. The number of hydrogen-bond acceptors (Lipinski definition) is 5. The molecule has 1 amide bonds. The summed E-state index contributed by atoms with van der Waals surface area (Å²) < 4.78 is 11.3. The highest BCUT2D eigenvalue weighted by Crippen LogP contribution is 2.22. The Kier molecular flexibility index (Phi) is 9.90. The molecule has 1 aromatic heterocycles. The highest BCUT2D eigenvalue weighted by atomic mass is 127. The van der Waals surface area contributed by atoms with Gasteiger partial charge in [0.1, 0.15) is 17.9 Å². The average Bonchev–Trinajstić information content (AvgIpc) is 3.08. The van der Waals surface area contributed by atoms with E-state index in [0.717, 1.165) is 25.1 Å². The summed E-state index contributed by atoms with van der Waals surface area (Å²) in [6.45, 7) is 16.3. The molecule has 1 fully saturated rings. The Labute approximate surface area is 197 Å². The summed E-state index contributed by atoms with van der Waals surface area (Å²) in [5.41, 5.74) is -0.569. The molecule has 0 radical (unpaired) electrons. The van der Waals surface area contributed by atoms with Gasteiger partial charge in [-0.2, -0.15) is 0 Å². The Hall–Kier alpha value is -1.52. The lowest BCUT2D eigenvalue weighted by Crippen LogP contribution is -2.53. The molecule has 2 rings (SSSR count). The van der Waals surface area contributed by atoms with Gasteiger partial charge in [0.2, 0.25) is 5.89 Å². The van der Waals surface area contributed by atoms with Crippen molar-refractivity contribution in [3.63, 3.8) is 0 Å². The molecule has 1 saturated heterocycles. The number of carbonyl (C=O) groups is 1. The zero-order valence-corrected chi connectivity index (χ0v) is 21.7. The first-order valence-corrected chi connectivity index (χ1v) is 10.5. The van der Waals surface area contributed by atoms with E-state index in [2.05, 4.69) is 41.4 Å². The summed E-state index contributed by atoms with van der Waals surface area (Å²) in [6, 6.07) is 0.115. The second-order valence-corrected chi connectivity index (χ2v) is 9.47. The lowest BCUT2D eigenvalue weighted by Gasteiger charge is -2.35. The molecule has 1 atom stereocenters. The number of oxazole rings is 1. The molecular formula is C21H38IN5O3. The topological polar surface area (TPSA) is 92.0 Å². The lowest BCUT2D eigenvalue weighted by molar-refractivity contribution is 0.0193. The maximum atomic E-state index is 12.4. The number of hydrogen-bond donors (Lipinski definition) is 2. The van der Waals surface area contributed by atoms with Crippen LogP contribution in [0.25, 0.3) is 0 Å². The SMILES string of the molecule is CCNC(=NCc1ncc(C(C)(C)C)o1)NC1CCCN(C(=O)OC(C)(C)C)C1.I. The molecule has 8 nitrogen and oxygen atoms in total. The predicted octanol–water partition coefficient (Wildman–Crippen LogP) is 4.04. The molecule has 9 heteroatoms. The number of guanidine groups is 1. The van der Waals surface area contributed by atoms with Gasteiger partial charge in [0.05, 0.1) is 6.20 Å². The van der Waals surface area contributed by atoms with E-state index < -0.39 is 5.60 Å². The fraction of sp³-hybridized carbons (Fsp3) is 0.762. The fourth-order valence-electron chi connectivity index (χ4n) is 2.98. The summed E-state index contributed by atoms with van der Waals surface area (Å²) >= 11 is 0. The van der Waals surface area contributed by atoms with E-state index in [-0.39, 0.29) is 41.5 Å². The molecule has 1 aliphatic rings. The number of nitrogens with zero attached hydrogens (tertiary/aromatic N) is 3. The normalized spacial score (nSPS) is 17.9. The summed E-state index contributed by atoms with van der Waals surface area (Å²) in [7, 11) is 0. The fourth-order valence-corrected chi connectivity index (χ4v) is 2.98. The monoisotopic (exact) mass is 535 g/mol. The van der Waals surface area contributed by atoms with E-state index in [9.17, 15) is 4.79 Å². The van der Waals surface area contributed by atoms with Crippen molar-refractivity contribution in [2.45, 2.75) is 84.9 Å². The van der Waals surface area contributed by atoms with Crippen LogP contribution in [0.15, 0.2) is 15.6 Å². The second kappa shape index (κ2) is 11.2. The zero-order valence-electron chi connectivity index (χ0n) is 19.4. The summed E-state index contributed by atoms with van der Waals surface area (Å²) in [4.78, 5) is 23.1. The Balaban J connectivity index is 0.00000450. The van der Waals surface area contributed by atoms with Gasteiger partial charge in [0.15, 0.2) is 5.96 Å². The number of aliphatic imine (C=N–C) groups is 1. The minimum Gasteiger partial charge on any atom is -0.444 e. The molecule has 172 valence electrons. The number of amides is 1. The van der Waals surface area contributed by atoms with Crippen LogP contribution in [0.3, 0.4) is 0 Å². The van der Waals surface area contributed by atoms with Gasteiger partial charge in [-0.3, -0.25) is 0 Å². The van der Waals surface area contributed by atoms with Crippen molar-refractivity contribution in [3.05, 3.63) is 17.8 Å². The van der Waals surface area contributed by atoms with Gasteiger partial charge in [0.25, 0.3) is 0 Å². The van der Waals surface area contributed by atoms with Gasteiger partial charge in [-0.15, -0.1) is 24.0 Å². The average molecular weight is 535 g/mol. The quantitative estimate of drug-likeness (QED) is 0.344. The first-order chi connectivity index (χ1) is 13.5. The van der Waals surface area contributed by atoms with Crippen molar-refractivity contribution in [2.75, 3.05) is 19.6 Å². The number of halogens is 1. The van der Waals surface area contributed by atoms with Crippen LogP contribution >= 0.6 is 24.0 Å². The van der Waals surface area contributed by atoms with Crippen LogP contribution < -0.4 is 10.6 Å². The zero-order chi connectivity index (χ0) is 21.7. The maximum absolute atomic E-state index is 12.4. The molecule has 1 unspecified atom stereocenters. The summed E-state index contributed by atoms with van der Waals surface area (Å²) in [5, 5.41) is 6.69. The largest absolute Gasteiger partial charge is 0.444 e. The first-order valence-electron chi connectivity index (χ1n) is 10.5. The van der Waals surface area contributed by atoms with Crippen LogP contribution in [0.2, 0.25) is 0 Å². The van der Waals surface area contributed by atoms with Crippen molar-refractivity contribution < 1.29 is 13.9 Å². The van der Waals surface area contributed by atoms with E-state index in [1.54, 1.807) is 11.1 Å². The van der Waals surface area contributed by atoms with Gasteiger partial charge >= 0.3 is 6.09 Å². The van der Waals surface area contributed by atoms with Crippen molar-refractivity contribution in [1.82, 2.24) is 20.5 Å². The number of rotatable bonds is 4. The number of aromatic nitrogens is 1. The third-order valence-electron chi connectivity index (χ3n) is 4.42. The summed E-state index contributed by atoms with van der Waals surface area (Å²) in [5.74, 6) is 2.13. The Bertz CT molecular complexity index is 706. The minimum absolute atomic E-state index is 0. The van der Waals surface area contributed by atoms with Crippen LogP contribution in [0.5, 0.6) is 0 Å². The Morgan fingerprint density at radius 2 is 2.03 bits per heavy atom. The van der Waals surface area contributed by atoms with Crippen molar-refractivity contribution in [1.29, 1.82) is 0 Å². The molecule has 0 spiro atoms. The predicted molar refractivity (Wildman–Crippen MR) is 129 cm³/mol. The van der Waals surface area contributed by atoms with Crippen molar-refractivity contribution in [3.8, 4) is 0 Å². The number of nitrogens with one attached hydrogen (secondary N) is 2. The molecule has 0 saturated carbocycles. The maximum Gasteiger partial charge on any atom is 0.410 e. The van der Waals surface area contributed by atoms with Crippen LogP contribution in [0, 0.1) is 0 Å². The second-order valence-electron chi connectivity index (χ2n) is 9.47. The Morgan fingerprint density at radius 3 is 2.60 bits per heavy atom. The molecule has 0 bridgehead atoms. The van der Waals surface area contributed by atoms with Gasteiger partial charge < -0.3 is 24.7 Å². The van der Waals surface area contributed by atoms with Gasteiger partial charge in [-0.1, -0.05) is 20.8 Å².